The van der Waals surface area contributed by atoms with Crippen LogP contribution in [-0.2, 0) is 0 Å². The summed E-state index contributed by atoms with van der Waals surface area (Å²) >= 11 is 0. The van der Waals surface area contributed by atoms with Crippen molar-refractivity contribution in [3.05, 3.63) is 23.8 Å². The topological polar surface area (TPSA) is 38.7 Å². The maximum Gasteiger partial charge on any atom is 0.128 e. The first-order chi connectivity index (χ1) is 7.76. The summed E-state index contributed by atoms with van der Waals surface area (Å²) in [6.07, 6.45) is 2.78. The Labute approximate surface area is 96.0 Å². The van der Waals surface area contributed by atoms with Crippen LogP contribution in [0.5, 0.6) is 11.5 Å². The summed E-state index contributed by atoms with van der Waals surface area (Å²) in [7, 11) is 3.23. The molecule has 3 heteroatoms. The van der Waals surface area contributed by atoms with Crippen LogP contribution in [0.4, 0.5) is 0 Å². The van der Waals surface area contributed by atoms with Crippen molar-refractivity contribution in [1.82, 2.24) is 0 Å². The third-order valence-electron chi connectivity index (χ3n) is 3.05. The second-order valence-electron chi connectivity index (χ2n) is 4.27. The van der Waals surface area contributed by atoms with Crippen molar-refractivity contribution >= 4 is 0 Å². The van der Waals surface area contributed by atoms with E-state index in [4.69, 9.17) is 9.47 Å². The van der Waals surface area contributed by atoms with Crippen molar-refractivity contribution in [3.8, 4) is 11.5 Å². The van der Waals surface area contributed by atoms with Gasteiger partial charge in [0.15, 0.2) is 0 Å². The second-order valence-corrected chi connectivity index (χ2v) is 4.27. The number of hydrogen-bond donors (Lipinski definition) is 1. The molecule has 1 aromatic carbocycles. The number of aliphatic hydroxyl groups is 1. The SMILES string of the molecule is COc1cccc(OC)c1C(O)CC1CC1. The fraction of sp³-hybridized carbons (Fsp3) is 0.538. The lowest BCUT2D eigenvalue weighted by molar-refractivity contribution is 0.152. The maximum absolute atomic E-state index is 10.2. The Morgan fingerprint density at radius 3 is 2.25 bits per heavy atom. The van der Waals surface area contributed by atoms with Gasteiger partial charge in [0.25, 0.3) is 0 Å². The highest BCUT2D eigenvalue weighted by Crippen LogP contribution is 2.42. The highest BCUT2D eigenvalue weighted by Gasteiger charge is 2.28. The largest absolute Gasteiger partial charge is 0.496 e. The third-order valence-corrected chi connectivity index (χ3v) is 3.05. The molecule has 1 aromatic rings. The standard InChI is InChI=1S/C13H18O3/c1-15-11-4-3-5-12(16-2)13(11)10(14)8-9-6-7-9/h3-5,9-10,14H,6-8H2,1-2H3. The first-order valence-corrected chi connectivity index (χ1v) is 5.65. The van der Waals surface area contributed by atoms with E-state index in [0.717, 1.165) is 12.0 Å². The Balaban J connectivity index is 2.26. The van der Waals surface area contributed by atoms with Crippen LogP contribution in [0, 0.1) is 5.92 Å². The molecule has 0 aromatic heterocycles. The summed E-state index contributed by atoms with van der Waals surface area (Å²) in [5, 5.41) is 10.2. The van der Waals surface area contributed by atoms with Gasteiger partial charge in [-0.15, -0.1) is 0 Å². The average Bonchev–Trinajstić information content (AvgIpc) is 3.11. The summed E-state index contributed by atoms with van der Waals surface area (Å²) in [4.78, 5) is 0. The van der Waals surface area contributed by atoms with E-state index in [1.807, 2.05) is 18.2 Å². The number of hydrogen-bond acceptors (Lipinski definition) is 3. The van der Waals surface area contributed by atoms with Gasteiger partial charge in [0.05, 0.1) is 25.9 Å². The number of benzene rings is 1. The monoisotopic (exact) mass is 222 g/mol. The van der Waals surface area contributed by atoms with Gasteiger partial charge in [-0.1, -0.05) is 18.9 Å². The van der Waals surface area contributed by atoms with Crippen LogP contribution in [0.25, 0.3) is 0 Å². The smallest absolute Gasteiger partial charge is 0.128 e. The van der Waals surface area contributed by atoms with E-state index < -0.39 is 6.10 Å². The molecule has 1 N–H and O–H groups in total. The Kier molecular flexibility index (Phi) is 3.34. The van der Waals surface area contributed by atoms with Crippen molar-refractivity contribution in [2.24, 2.45) is 5.92 Å². The quantitative estimate of drug-likeness (QED) is 0.832. The molecule has 1 aliphatic carbocycles. The zero-order valence-corrected chi connectivity index (χ0v) is 9.77. The van der Waals surface area contributed by atoms with Gasteiger partial charge in [-0.05, 0) is 24.5 Å². The lowest BCUT2D eigenvalue weighted by Crippen LogP contribution is -2.04. The molecule has 0 radical (unpaired) electrons. The molecule has 1 atom stereocenters. The molecule has 0 saturated heterocycles. The fourth-order valence-electron chi connectivity index (χ4n) is 2.00. The van der Waals surface area contributed by atoms with Crippen LogP contribution < -0.4 is 9.47 Å². The molecule has 1 fully saturated rings. The minimum absolute atomic E-state index is 0.487. The zero-order valence-electron chi connectivity index (χ0n) is 9.77. The summed E-state index contributed by atoms with van der Waals surface area (Å²) in [6.45, 7) is 0. The van der Waals surface area contributed by atoms with E-state index in [0.29, 0.717) is 17.4 Å². The van der Waals surface area contributed by atoms with Crippen LogP contribution in [0.3, 0.4) is 0 Å². The predicted molar refractivity (Wildman–Crippen MR) is 61.8 cm³/mol. The molecule has 1 saturated carbocycles. The summed E-state index contributed by atoms with van der Waals surface area (Å²) in [5.41, 5.74) is 0.777. The van der Waals surface area contributed by atoms with Gasteiger partial charge >= 0.3 is 0 Å². The molecule has 1 unspecified atom stereocenters. The lowest BCUT2D eigenvalue weighted by atomic mass is 10.0. The number of methoxy groups -OCH3 is 2. The Hall–Kier alpha value is -1.22. The third kappa shape index (κ3) is 2.30. The first kappa shape index (κ1) is 11.3. The van der Waals surface area contributed by atoms with E-state index >= 15 is 0 Å². The van der Waals surface area contributed by atoms with E-state index in [1.54, 1.807) is 14.2 Å². The minimum atomic E-state index is -0.487. The Morgan fingerprint density at radius 1 is 1.25 bits per heavy atom. The summed E-state index contributed by atoms with van der Waals surface area (Å²) in [5.74, 6) is 2.07. The van der Waals surface area contributed by atoms with Crippen LogP contribution in [0.15, 0.2) is 18.2 Å². The van der Waals surface area contributed by atoms with Gasteiger partial charge in [-0.3, -0.25) is 0 Å². The van der Waals surface area contributed by atoms with Crippen LogP contribution in [-0.4, -0.2) is 19.3 Å². The molecule has 88 valence electrons. The molecule has 16 heavy (non-hydrogen) atoms. The minimum Gasteiger partial charge on any atom is -0.496 e. The van der Waals surface area contributed by atoms with E-state index in [2.05, 4.69) is 0 Å². The molecular weight excluding hydrogens is 204 g/mol. The van der Waals surface area contributed by atoms with Crippen molar-refractivity contribution in [2.75, 3.05) is 14.2 Å². The van der Waals surface area contributed by atoms with Gasteiger partial charge in [0, 0.05) is 0 Å². The predicted octanol–water partition coefficient (Wildman–Crippen LogP) is 2.54. The van der Waals surface area contributed by atoms with Gasteiger partial charge in [-0.25, -0.2) is 0 Å². The molecule has 0 heterocycles. The van der Waals surface area contributed by atoms with E-state index in [9.17, 15) is 5.11 Å². The van der Waals surface area contributed by atoms with Gasteiger partial charge in [-0.2, -0.15) is 0 Å². The molecule has 0 amide bonds. The second kappa shape index (κ2) is 4.74. The Bertz CT molecular complexity index is 336. The molecular formula is C13H18O3. The molecule has 0 aliphatic heterocycles. The van der Waals surface area contributed by atoms with Crippen molar-refractivity contribution < 1.29 is 14.6 Å². The van der Waals surface area contributed by atoms with Gasteiger partial charge in [0.1, 0.15) is 11.5 Å². The molecule has 0 bridgehead atoms. The zero-order chi connectivity index (χ0) is 11.5. The van der Waals surface area contributed by atoms with Crippen LogP contribution in [0.1, 0.15) is 30.9 Å². The number of aliphatic hydroxyl groups excluding tert-OH is 1. The summed E-state index contributed by atoms with van der Waals surface area (Å²) < 4.78 is 10.5. The molecule has 0 spiro atoms. The van der Waals surface area contributed by atoms with E-state index in [1.165, 1.54) is 12.8 Å². The normalized spacial score (nSPS) is 16.9. The highest BCUT2D eigenvalue weighted by atomic mass is 16.5. The first-order valence-electron chi connectivity index (χ1n) is 5.65. The number of rotatable bonds is 5. The molecule has 1 aliphatic rings. The van der Waals surface area contributed by atoms with E-state index in [-0.39, 0.29) is 0 Å². The van der Waals surface area contributed by atoms with Crippen molar-refractivity contribution in [1.29, 1.82) is 0 Å². The van der Waals surface area contributed by atoms with Crippen LogP contribution >= 0.6 is 0 Å². The lowest BCUT2D eigenvalue weighted by Gasteiger charge is -2.17. The molecule has 3 nitrogen and oxygen atoms in total. The van der Waals surface area contributed by atoms with Crippen LogP contribution in [0.2, 0.25) is 0 Å². The van der Waals surface area contributed by atoms with Crippen molar-refractivity contribution in [2.45, 2.75) is 25.4 Å². The summed E-state index contributed by atoms with van der Waals surface area (Å²) in [6, 6.07) is 5.58. The highest BCUT2D eigenvalue weighted by molar-refractivity contribution is 5.46. The number of ether oxygens (including phenoxy) is 2. The van der Waals surface area contributed by atoms with Gasteiger partial charge in [0.2, 0.25) is 0 Å². The van der Waals surface area contributed by atoms with Crippen molar-refractivity contribution in [3.63, 3.8) is 0 Å². The fourth-order valence-corrected chi connectivity index (χ4v) is 2.00. The maximum atomic E-state index is 10.2. The molecule has 2 rings (SSSR count). The average molecular weight is 222 g/mol. The Morgan fingerprint density at radius 2 is 1.81 bits per heavy atom. The van der Waals surface area contributed by atoms with Gasteiger partial charge < -0.3 is 14.6 Å².